The molecule has 1 aliphatic heterocycles. The first-order valence-electron chi connectivity index (χ1n) is 9.97. The van der Waals surface area contributed by atoms with E-state index >= 15 is 0 Å². The highest BCUT2D eigenvalue weighted by Gasteiger charge is 2.23. The van der Waals surface area contributed by atoms with Gasteiger partial charge in [-0.05, 0) is 56.3 Å². The average Bonchev–Trinajstić information content (AvgIpc) is 2.68. The number of ether oxygens (including phenoxy) is 2. The first-order valence-corrected chi connectivity index (χ1v) is 9.97. The van der Waals surface area contributed by atoms with Crippen LogP contribution in [0.5, 0.6) is 11.5 Å². The second kappa shape index (κ2) is 10.4. The van der Waals surface area contributed by atoms with Crippen LogP contribution in [0.2, 0.25) is 0 Å². The van der Waals surface area contributed by atoms with Crippen LogP contribution in [-0.4, -0.2) is 32.2 Å². The van der Waals surface area contributed by atoms with E-state index in [1.54, 1.807) is 14.2 Å². The Kier molecular flexibility index (Phi) is 8.18. The number of methoxy groups -OCH3 is 2. The van der Waals surface area contributed by atoms with Crippen LogP contribution in [0, 0.1) is 5.92 Å². The van der Waals surface area contributed by atoms with Crippen LogP contribution in [0.1, 0.15) is 50.7 Å². The molecule has 1 saturated heterocycles. The zero-order chi connectivity index (χ0) is 19.8. The Hall–Kier alpha value is -2.00. The number of likely N-dealkylation sites (tertiary alicyclic amines) is 1. The number of nitrogens with zero attached hydrogens (tertiary/aromatic N) is 1. The lowest BCUT2D eigenvalue weighted by molar-refractivity contribution is 0.190. The monoisotopic (exact) mass is 369 g/mol. The van der Waals surface area contributed by atoms with Gasteiger partial charge in [0.05, 0.1) is 14.2 Å². The predicted octanol–water partition coefficient (Wildman–Crippen LogP) is 5.73. The summed E-state index contributed by atoms with van der Waals surface area (Å²) in [5.41, 5.74) is 3.81. The maximum absolute atomic E-state index is 5.81. The van der Waals surface area contributed by atoms with Gasteiger partial charge in [-0.15, -0.1) is 0 Å². The summed E-state index contributed by atoms with van der Waals surface area (Å²) < 4.78 is 11.4. The van der Waals surface area contributed by atoms with Gasteiger partial charge in [0.25, 0.3) is 0 Å². The Morgan fingerprint density at radius 2 is 1.93 bits per heavy atom. The molecule has 148 valence electrons. The van der Waals surface area contributed by atoms with Crippen LogP contribution in [0.15, 0.2) is 48.6 Å². The first kappa shape index (κ1) is 21.3. The minimum Gasteiger partial charge on any atom is -0.496 e. The molecule has 1 fully saturated rings. The van der Waals surface area contributed by atoms with Gasteiger partial charge in [0.1, 0.15) is 11.5 Å². The van der Waals surface area contributed by atoms with Crippen LogP contribution in [0.25, 0.3) is 0 Å². The van der Waals surface area contributed by atoms with Crippen molar-refractivity contribution in [1.29, 1.82) is 0 Å². The minimum atomic E-state index is 0.355. The zero-order valence-corrected chi connectivity index (χ0v) is 17.6. The third kappa shape index (κ3) is 5.26. The Morgan fingerprint density at radius 3 is 2.44 bits per heavy atom. The quantitative estimate of drug-likeness (QED) is 0.546. The summed E-state index contributed by atoms with van der Waals surface area (Å²) in [6, 6.07) is 4.23. The third-order valence-corrected chi connectivity index (χ3v) is 5.36. The van der Waals surface area contributed by atoms with Gasteiger partial charge in [0.15, 0.2) is 0 Å². The van der Waals surface area contributed by atoms with Crippen molar-refractivity contribution in [1.82, 2.24) is 4.90 Å². The van der Waals surface area contributed by atoms with E-state index in [2.05, 4.69) is 62.6 Å². The van der Waals surface area contributed by atoms with Crippen molar-refractivity contribution in [3.8, 4) is 11.5 Å². The van der Waals surface area contributed by atoms with Crippen molar-refractivity contribution in [2.45, 2.75) is 46.1 Å². The van der Waals surface area contributed by atoms with Crippen molar-refractivity contribution in [2.24, 2.45) is 5.92 Å². The van der Waals surface area contributed by atoms with Crippen LogP contribution in [0.4, 0.5) is 0 Å². The molecule has 0 N–H and O–H groups in total. The highest BCUT2D eigenvalue weighted by Crippen LogP contribution is 2.38. The number of piperidine rings is 1. The van der Waals surface area contributed by atoms with Gasteiger partial charge in [-0.25, -0.2) is 0 Å². The van der Waals surface area contributed by atoms with Gasteiger partial charge < -0.3 is 9.47 Å². The van der Waals surface area contributed by atoms with Crippen molar-refractivity contribution in [3.05, 3.63) is 59.7 Å². The van der Waals surface area contributed by atoms with E-state index < -0.39 is 0 Å². The van der Waals surface area contributed by atoms with Crippen LogP contribution in [-0.2, 0) is 6.54 Å². The molecule has 0 unspecified atom stereocenters. The summed E-state index contributed by atoms with van der Waals surface area (Å²) in [6.45, 7) is 13.4. The van der Waals surface area contributed by atoms with Crippen molar-refractivity contribution in [2.75, 3.05) is 27.3 Å². The zero-order valence-electron chi connectivity index (χ0n) is 17.6. The largest absolute Gasteiger partial charge is 0.496 e. The topological polar surface area (TPSA) is 21.7 Å². The number of hydrogen-bond donors (Lipinski definition) is 0. The van der Waals surface area contributed by atoms with Crippen molar-refractivity contribution in [3.63, 3.8) is 0 Å². The third-order valence-electron chi connectivity index (χ3n) is 5.36. The Balaban J connectivity index is 2.12. The molecule has 0 spiro atoms. The normalized spacial score (nSPS) is 16.9. The molecule has 0 aliphatic carbocycles. The fraction of sp³-hybridized carbons (Fsp3) is 0.500. The van der Waals surface area contributed by atoms with E-state index in [9.17, 15) is 0 Å². The van der Waals surface area contributed by atoms with Gasteiger partial charge in [0, 0.05) is 17.7 Å². The number of allylic oxidation sites excluding steroid dienone is 5. The molecule has 0 radical (unpaired) electrons. The van der Waals surface area contributed by atoms with E-state index in [-0.39, 0.29) is 0 Å². The van der Waals surface area contributed by atoms with E-state index in [0.29, 0.717) is 11.8 Å². The summed E-state index contributed by atoms with van der Waals surface area (Å²) >= 11 is 0. The molecule has 0 amide bonds. The van der Waals surface area contributed by atoms with Crippen molar-refractivity contribution < 1.29 is 9.47 Å². The fourth-order valence-corrected chi connectivity index (χ4v) is 4.04. The SMILES string of the molecule is C=C/C=C(\C=C/C)C1CCN(Cc2ccc(OC)c(C(C)C)c2OC)CC1. The molecule has 0 atom stereocenters. The molecule has 0 saturated carbocycles. The maximum atomic E-state index is 5.81. The molecule has 0 bridgehead atoms. The number of benzene rings is 1. The summed E-state index contributed by atoms with van der Waals surface area (Å²) in [5, 5.41) is 0. The van der Waals surface area contributed by atoms with Crippen molar-refractivity contribution >= 4 is 0 Å². The molecule has 1 aromatic carbocycles. The van der Waals surface area contributed by atoms with Crippen LogP contribution < -0.4 is 9.47 Å². The molecule has 1 aromatic rings. The van der Waals surface area contributed by atoms with Gasteiger partial charge in [0.2, 0.25) is 0 Å². The van der Waals surface area contributed by atoms with E-state index in [1.807, 2.05) is 6.08 Å². The molecule has 2 rings (SSSR count). The van der Waals surface area contributed by atoms with Crippen LogP contribution >= 0.6 is 0 Å². The smallest absolute Gasteiger partial charge is 0.130 e. The molecule has 27 heavy (non-hydrogen) atoms. The lowest BCUT2D eigenvalue weighted by atomic mass is 9.88. The summed E-state index contributed by atoms with van der Waals surface area (Å²) in [5.74, 6) is 2.87. The minimum absolute atomic E-state index is 0.355. The highest BCUT2D eigenvalue weighted by atomic mass is 16.5. The van der Waals surface area contributed by atoms with Gasteiger partial charge in [-0.3, -0.25) is 4.90 Å². The Morgan fingerprint density at radius 1 is 1.22 bits per heavy atom. The average molecular weight is 370 g/mol. The second-order valence-corrected chi connectivity index (χ2v) is 7.48. The van der Waals surface area contributed by atoms with E-state index in [4.69, 9.17) is 9.47 Å². The fourth-order valence-electron chi connectivity index (χ4n) is 4.04. The second-order valence-electron chi connectivity index (χ2n) is 7.48. The van der Waals surface area contributed by atoms with Gasteiger partial charge in [-0.1, -0.05) is 50.8 Å². The summed E-state index contributed by atoms with van der Waals surface area (Å²) in [6.07, 6.45) is 10.8. The highest BCUT2D eigenvalue weighted by molar-refractivity contribution is 5.51. The molecule has 3 nitrogen and oxygen atoms in total. The Labute approximate surface area is 165 Å². The molecular formula is C24H35NO2. The summed E-state index contributed by atoms with van der Waals surface area (Å²) in [4.78, 5) is 2.53. The molecule has 0 aromatic heterocycles. The van der Waals surface area contributed by atoms with E-state index in [0.717, 1.165) is 36.7 Å². The predicted molar refractivity (Wildman–Crippen MR) is 115 cm³/mol. The molecular weight excluding hydrogens is 334 g/mol. The molecule has 1 aliphatic rings. The van der Waals surface area contributed by atoms with Gasteiger partial charge in [-0.2, -0.15) is 0 Å². The molecule has 1 heterocycles. The van der Waals surface area contributed by atoms with Gasteiger partial charge >= 0.3 is 0 Å². The Bertz CT molecular complexity index is 680. The molecule has 3 heteroatoms. The standard InChI is InChI=1S/C24H35NO2/c1-7-9-19(10-8-2)20-13-15-25(16-14-20)17-21-11-12-22(26-5)23(18(3)4)24(21)27-6/h7-12,18,20H,1,13-17H2,2-6H3/b10-8-,19-9+. The maximum Gasteiger partial charge on any atom is 0.130 e. The van der Waals surface area contributed by atoms with E-state index in [1.165, 1.54) is 24.0 Å². The number of rotatable bonds is 8. The lowest BCUT2D eigenvalue weighted by Crippen LogP contribution is -2.33. The van der Waals surface area contributed by atoms with Crippen LogP contribution in [0.3, 0.4) is 0 Å². The number of hydrogen-bond acceptors (Lipinski definition) is 3. The first-order chi connectivity index (χ1) is 13.0. The lowest BCUT2D eigenvalue weighted by Gasteiger charge is -2.33. The summed E-state index contributed by atoms with van der Waals surface area (Å²) in [7, 11) is 3.49.